The highest BCUT2D eigenvalue weighted by molar-refractivity contribution is 5.92. The standard InChI is InChI=1S/C36H44O10.C36H40O10.C32H38O10.12CH4.3H2/c2*1-23(2)35(39)43-21-41-31-11-7-27(25(5)19-31)9-17-33(37)45-29-13-15-30(16-14-29)46-34(38)18-10-28-8-12-32(20-26(28)6)42-22-44-36(40)24(3)4;1-20(2)30(33)40-18-37-26-11-13-28(22(5)15-26)32(35)42-25-9-7-24(8-10-25)36-17-39-29-14-12-27(16-23(29)6)38-19-41-31(34)21(3)4;;;;;;;;;;;;;;;/h7-8,11-12,19-20,29-30H,1,3,9-10,13-18,21-22H2,2,4-6H3;7-12,17-20,29-30H,1,3,13-16,21-22H2,2,4-6H3;11-16,24-25H,1,3,7-10,17-19H2,2,4-6H3;12*1H4;3*1H/b;17-9-,18-10-;;;;;;;;;;;;;;;;/i;;;;;;;;;;;;;;;3*1+2. The Labute approximate surface area is 875 Å². The van der Waals surface area contributed by atoms with Gasteiger partial charge in [-0.3, -0.25) is 9.59 Å². The van der Waals surface area contributed by atoms with Gasteiger partial charge in [0.15, 0.2) is 6.79 Å². The van der Waals surface area contributed by atoms with Gasteiger partial charge >= 0.3 is 65.7 Å². The van der Waals surface area contributed by atoms with E-state index < -0.39 is 53.7 Å². The Morgan fingerprint density at radius 1 is 0.281 bits per heavy atom. The van der Waals surface area contributed by atoms with E-state index in [1.54, 1.807) is 146 Å². The van der Waals surface area contributed by atoms with Gasteiger partial charge in [-0.15, -0.1) is 0 Å². The summed E-state index contributed by atoms with van der Waals surface area (Å²) in [5.74, 6) is -1.08. The van der Waals surface area contributed by atoms with Crippen LogP contribution in [0, 0.1) is 41.5 Å². The maximum Gasteiger partial charge on any atom is 0.338 e. The fraction of sp³-hybridized carbons (Fsp3) is 0.457. The highest BCUT2D eigenvalue weighted by atomic mass is 16.7. The van der Waals surface area contributed by atoms with Gasteiger partial charge in [0, 0.05) is 62.7 Å². The highest BCUT2D eigenvalue weighted by Gasteiger charge is 2.30. The minimum Gasteiger partial charge on any atom is -0.467 e. The predicted molar refractivity (Wildman–Crippen MR) is 582 cm³/mol. The zero-order valence-electron chi connectivity index (χ0n) is 78.4. The zero-order valence-corrected chi connectivity index (χ0v) is 78.4. The molecule has 0 amide bonds. The number of benzene rings is 6. The van der Waals surface area contributed by atoms with Crippen molar-refractivity contribution in [1.29, 1.82) is 0 Å². The lowest BCUT2D eigenvalue weighted by Crippen LogP contribution is -2.30. The molecule has 0 saturated heterocycles. The first-order chi connectivity index (χ1) is 63.8. The van der Waals surface area contributed by atoms with Crippen LogP contribution in [-0.4, -0.2) is 150 Å². The molecule has 3 saturated carbocycles. The number of rotatable bonds is 44. The summed E-state index contributed by atoms with van der Waals surface area (Å²) < 4.78 is 102. The SMILES string of the molecule is C.C.C.C.C.C.C.C.C.C.C.C.C=C(C)C(=O)OCOc1ccc(/C=C\C(=O)OC2CCC(OC(=O)/C=C\c3ccc(OCOC(=O)C(=C)C)cc3C)CC2)c(C)c1.C=C(C)C(=O)OCOc1ccc(CCC(=O)OC2CCC(OC(=O)CCc3ccc(OCOC(=O)C(=C)C)cc3C)CC2)c(C)c1.C=C(C)C(=O)OCOc1ccc(OCOC2CCC(OC(=O)c3ccc(OCOC(=O)C(=C)C)cc3C)CC2)c(C)c1.[3HH].[3HH].[3HH]. The van der Waals surface area contributed by atoms with Crippen LogP contribution in [-0.2, 0) is 118 Å². The lowest BCUT2D eigenvalue weighted by atomic mass is 9.94. The molecule has 0 unspecified atom stereocenters. The summed E-state index contributed by atoms with van der Waals surface area (Å²) in [5, 5.41) is 0. The molecule has 3 fully saturated rings. The first-order valence-electron chi connectivity index (χ1n) is 43.8. The average Bonchev–Trinajstić information content (AvgIpc) is 0.836. The van der Waals surface area contributed by atoms with E-state index in [9.17, 15) is 52.7 Å². The molecule has 820 valence electrons. The summed E-state index contributed by atoms with van der Waals surface area (Å²) in [6.45, 7) is 40.5. The van der Waals surface area contributed by atoms with Crippen molar-refractivity contribution in [1.82, 2.24) is 0 Å². The minimum atomic E-state index is -0.534. The van der Waals surface area contributed by atoms with Crippen LogP contribution in [0.4, 0.5) is 0 Å². The molecule has 146 heavy (non-hydrogen) atoms. The predicted octanol–water partition coefficient (Wildman–Crippen LogP) is 26.6. The molecule has 0 aromatic heterocycles. The van der Waals surface area contributed by atoms with E-state index in [1.807, 2.05) is 58.9 Å². The van der Waals surface area contributed by atoms with E-state index in [4.69, 9.17) is 90.0 Å². The molecule has 0 heterocycles. The molecule has 3 aliphatic carbocycles. The second-order valence-corrected chi connectivity index (χ2v) is 32.5. The van der Waals surface area contributed by atoms with Crippen LogP contribution in [0.15, 0.2) is 194 Å². The lowest BCUT2D eigenvalue weighted by molar-refractivity contribution is -0.158. The molecule has 0 bridgehead atoms. The second kappa shape index (κ2) is 73.9. The van der Waals surface area contributed by atoms with Crippen LogP contribution >= 0.6 is 0 Å². The van der Waals surface area contributed by atoms with Crippen molar-refractivity contribution in [3.05, 3.63) is 255 Å². The van der Waals surface area contributed by atoms with Gasteiger partial charge < -0.3 is 90.0 Å². The van der Waals surface area contributed by atoms with E-state index in [0.29, 0.717) is 145 Å². The molecule has 0 N–H and O–H groups in total. The van der Waals surface area contributed by atoms with Crippen LogP contribution in [0.3, 0.4) is 0 Å². The Balaban J connectivity index is -0.000000269. The second-order valence-electron chi connectivity index (χ2n) is 32.5. The Morgan fingerprint density at radius 2 is 0.527 bits per heavy atom. The average molecular weight is 2060 g/mol. The van der Waals surface area contributed by atoms with Gasteiger partial charge in [0.25, 0.3) is 0 Å². The fourth-order valence-electron chi connectivity index (χ4n) is 13.3. The Bertz CT molecular complexity index is 5040. The normalized spacial score (nSPS) is 14.6. The van der Waals surface area contributed by atoms with E-state index in [2.05, 4.69) is 39.5 Å². The molecule has 0 atom stereocenters. The largest absolute Gasteiger partial charge is 0.467 e. The van der Waals surface area contributed by atoms with Crippen molar-refractivity contribution in [2.45, 2.75) is 312 Å². The molecule has 3 aliphatic rings. The van der Waals surface area contributed by atoms with E-state index in [1.165, 1.54) is 12.2 Å². The zero-order chi connectivity index (χ0) is 97.9. The van der Waals surface area contributed by atoms with Crippen LogP contribution in [0.25, 0.3) is 12.2 Å². The molecule has 9 rings (SSSR count). The van der Waals surface area contributed by atoms with Crippen molar-refractivity contribution >= 4 is 77.8 Å². The molecule has 30 heteroatoms. The number of esters is 11. The molecular formula is C116H176O30. The van der Waals surface area contributed by atoms with Gasteiger partial charge in [-0.25, -0.2) is 43.2 Å². The van der Waals surface area contributed by atoms with Gasteiger partial charge in [-0.1, -0.05) is 153 Å². The number of ether oxygens (including phenoxy) is 19. The summed E-state index contributed by atoms with van der Waals surface area (Å²) in [6, 6.07) is 31.8. The first kappa shape index (κ1) is 143. The Kier molecular flexibility index (Phi) is 72.3. The lowest BCUT2D eigenvalue weighted by Gasteiger charge is -2.28. The summed E-state index contributed by atoms with van der Waals surface area (Å²) in [7, 11) is 0. The number of carbonyl (C=O) groups excluding carboxylic acids is 11. The highest BCUT2D eigenvalue weighted by Crippen LogP contribution is 2.32. The first-order valence-corrected chi connectivity index (χ1v) is 43.8. The third-order valence-corrected chi connectivity index (χ3v) is 21.1. The number of aryl methyl sites for hydroxylation is 8. The summed E-state index contributed by atoms with van der Waals surface area (Å²) in [4.78, 5) is 131. The Morgan fingerprint density at radius 3 is 0.801 bits per heavy atom. The third kappa shape index (κ3) is 52.0. The van der Waals surface area contributed by atoms with E-state index >= 15 is 0 Å². The maximum absolute atomic E-state index is 12.8. The third-order valence-electron chi connectivity index (χ3n) is 21.1. The number of carbonyl (C=O) groups is 11. The number of hydrogen-bond donors (Lipinski definition) is 0. The summed E-state index contributed by atoms with van der Waals surface area (Å²) in [5.41, 5.74) is 11.0. The number of hydrogen-bond acceptors (Lipinski definition) is 30. The maximum atomic E-state index is 12.8. The fourth-order valence-corrected chi connectivity index (χ4v) is 13.3. The molecule has 6 aromatic rings. The van der Waals surface area contributed by atoms with Crippen molar-refractivity contribution in [3.63, 3.8) is 0 Å². The topological polar surface area (TPSA) is 363 Å². The van der Waals surface area contributed by atoms with E-state index in [-0.39, 0.29) is 219 Å². The monoisotopic (exact) mass is 2060 g/mol. The molecule has 30 nitrogen and oxygen atoms in total. The van der Waals surface area contributed by atoms with E-state index in [0.717, 1.165) is 62.9 Å². The molecule has 0 spiro atoms. The molecule has 0 radical (unpaired) electrons. The van der Waals surface area contributed by atoms with Crippen molar-refractivity contribution in [2.24, 2.45) is 0 Å². The van der Waals surface area contributed by atoms with Crippen molar-refractivity contribution in [2.75, 3.05) is 47.6 Å². The van der Waals surface area contributed by atoms with Crippen LogP contribution < -0.4 is 33.2 Å². The van der Waals surface area contributed by atoms with Crippen molar-refractivity contribution in [3.8, 4) is 40.2 Å². The molecular weight excluding hydrogens is 1870 g/mol. The molecule has 6 aromatic carbocycles. The van der Waals surface area contributed by atoms with Gasteiger partial charge in [0.05, 0.1) is 11.7 Å². The van der Waals surface area contributed by atoms with Gasteiger partial charge in [0.1, 0.15) is 70.8 Å². The molecule has 0 aliphatic heterocycles. The van der Waals surface area contributed by atoms with Crippen LogP contribution in [0.1, 0.15) is 291 Å². The van der Waals surface area contributed by atoms with Crippen molar-refractivity contribution < 1.29 is 147 Å². The smallest absolute Gasteiger partial charge is 0.338 e. The van der Waals surface area contributed by atoms with Crippen LogP contribution in [0.5, 0.6) is 40.2 Å². The Hall–Kier alpha value is -14.0. The summed E-state index contributed by atoms with van der Waals surface area (Å²) in [6.07, 6.45) is 14.4. The quantitative estimate of drug-likeness (QED) is 0.0148. The van der Waals surface area contributed by atoms with Gasteiger partial charge in [-0.05, 0) is 326 Å². The van der Waals surface area contributed by atoms with Gasteiger partial charge in [0.2, 0.25) is 40.8 Å². The minimum absolute atomic E-state index is 0. The summed E-state index contributed by atoms with van der Waals surface area (Å²) >= 11 is 0. The van der Waals surface area contributed by atoms with Crippen LogP contribution in [0.2, 0.25) is 0 Å². The van der Waals surface area contributed by atoms with Gasteiger partial charge in [-0.2, -0.15) is 0 Å².